The maximum Gasteiger partial charge on any atom is 0.122 e. The minimum absolute atomic E-state index is 0.0573. The normalized spacial score (nSPS) is 32.0. The van der Waals surface area contributed by atoms with Gasteiger partial charge in [-0.15, -0.1) is 0 Å². The van der Waals surface area contributed by atoms with Gasteiger partial charge in [0.2, 0.25) is 0 Å². The molecular formula is C11H17N3. The van der Waals surface area contributed by atoms with Crippen LogP contribution < -0.4 is 5.73 Å². The summed E-state index contributed by atoms with van der Waals surface area (Å²) in [6.45, 7) is 4.45. The van der Waals surface area contributed by atoms with E-state index < -0.39 is 0 Å². The van der Waals surface area contributed by atoms with Gasteiger partial charge in [-0.1, -0.05) is 19.1 Å². The van der Waals surface area contributed by atoms with Crippen LogP contribution in [-0.4, -0.2) is 9.78 Å². The van der Waals surface area contributed by atoms with Crippen LogP contribution in [0.1, 0.15) is 26.7 Å². The van der Waals surface area contributed by atoms with Crippen molar-refractivity contribution in [2.75, 3.05) is 5.73 Å². The second-order valence-electron chi connectivity index (χ2n) is 4.48. The van der Waals surface area contributed by atoms with Gasteiger partial charge in [-0.05, 0) is 31.7 Å². The highest BCUT2D eigenvalue weighted by Crippen LogP contribution is 2.34. The quantitative estimate of drug-likeness (QED) is 0.691. The molecule has 1 aromatic heterocycles. The molecular weight excluding hydrogens is 174 g/mol. The fourth-order valence-corrected chi connectivity index (χ4v) is 2.34. The molecule has 0 bridgehead atoms. The molecule has 0 saturated carbocycles. The van der Waals surface area contributed by atoms with Crippen LogP contribution in [0.2, 0.25) is 0 Å². The highest BCUT2D eigenvalue weighted by molar-refractivity contribution is 5.28. The molecule has 76 valence electrons. The molecule has 0 aromatic carbocycles. The summed E-state index contributed by atoms with van der Waals surface area (Å²) in [5.41, 5.74) is 5.94. The summed E-state index contributed by atoms with van der Waals surface area (Å²) in [5, 5.41) is 4.30. The van der Waals surface area contributed by atoms with Crippen LogP contribution in [-0.2, 0) is 5.54 Å². The minimum atomic E-state index is 0.0573. The predicted octanol–water partition coefficient (Wildman–Crippen LogP) is 2.17. The summed E-state index contributed by atoms with van der Waals surface area (Å²) in [5.74, 6) is 1.37. The molecule has 0 fully saturated rings. The number of hydrogen-bond donors (Lipinski definition) is 1. The average molecular weight is 191 g/mol. The molecule has 14 heavy (non-hydrogen) atoms. The van der Waals surface area contributed by atoms with Crippen LogP contribution in [0.3, 0.4) is 0 Å². The molecule has 0 aliphatic heterocycles. The smallest absolute Gasteiger partial charge is 0.122 e. The number of nitrogen functional groups attached to an aromatic ring is 1. The summed E-state index contributed by atoms with van der Waals surface area (Å²) < 4.78 is 1.95. The summed E-state index contributed by atoms with van der Waals surface area (Å²) in [4.78, 5) is 0. The van der Waals surface area contributed by atoms with Crippen LogP contribution in [0.25, 0.3) is 0 Å². The van der Waals surface area contributed by atoms with Gasteiger partial charge in [0.15, 0.2) is 0 Å². The third-order valence-corrected chi connectivity index (χ3v) is 2.97. The van der Waals surface area contributed by atoms with Crippen molar-refractivity contribution in [3.05, 3.63) is 24.4 Å². The fourth-order valence-electron chi connectivity index (χ4n) is 2.34. The van der Waals surface area contributed by atoms with E-state index >= 15 is 0 Å². The first-order chi connectivity index (χ1) is 6.62. The predicted molar refractivity (Wildman–Crippen MR) is 57.8 cm³/mol. The molecule has 1 heterocycles. The standard InChI is InChI=1S/C11H17N3/c1-9-4-3-6-11(2,8-9)14-10(12)5-7-13-14/h3-5,7,9H,6,8,12H2,1-2H3/t9-,11-/m1/s1. The number of aromatic nitrogens is 2. The molecule has 2 rings (SSSR count). The molecule has 0 spiro atoms. The Morgan fingerprint density at radius 2 is 2.43 bits per heavy atom. The van der Waals surface area contributed by atoms with E-state index in [0.29, 0.717) is 5.92 Å². The Morgan fingerprint density at radius 1 is 1.64 bits per heavy atom. The van der Waals surface area contributed by atoms with E-state index in [-0.39, 0.29) is 5.54 Å². The van der Waals surface area contributed by atoms with E-state index in [1.807, 2.05) is 10.7 Å². The van der Waals surface area contributed by atoms with Crippen molar-refractivity contribution in [3.8, 4) is 0 Å². The Labute approximate surface area is 84.6 Å². The first-order valence-corrected chi connectivity index (χ1v) is 5.08. The van der Waals surface area contributed by atoms with Gasteiger partial charge in [-0.3, -0.25) is 0 Å². The van der Waals surface area contributed by atoms with Gasteiger partial charge in [0.05, 0.1) is 11.7 Å². The van der Waals surface area contributed by atoms with E-state index in [2.05, 4.69) is 31.1 Å². The number of nitrogens with zero attached hydrogens (tertiary/aromatic N) is 2. The van der Waals surface area contributed by atoms with Gasteiger partial charge in [-0.25, -0.2) is 4.68 Å². The number of anilines is 1. The van der Waals surface area contributed by atoms with E-state index in [0.717, 1.165) is 18.7 Å². The Morgan fingerprint density at radius 3 is 3.00 bits per heavy atom. The zero-order chi connectivity index (χ0) is 10.2. The van der Waals surface area contributed by atoms with E-state index in [1.54, 1.807) is 6.20 Å². The maximum absolute atomic E-state index is 5.88. The van der Waals surface area contributed by atoms with Crippen molar-refractivity contribution in [2.45, 2.75) is 32.2 Å². The van der Waals surface area contributed by atoms with E-state index in [9.17, 15) is 0 Å². The largest absolute Gasteiger partial charge is 0.384 e. The van der Waals surface area contributed by atoms with Gasteiger partial charge < -0.3 is 5.73 Å². The Kier molecular flexibility index (Phi) is 2.10. The van der Waals surface area contributed by atoms with Crippen molar-refractivity contribution in [2.24, 2.45) is 5.92 Å². The van der Waals surface area contributed by atoms with Crippen molar-refractivity contribution < 1.29 is 0 Å². The Balaban J connectivity index is 2.33. The second kappa shape index (κ2) is 3.15. The van der Waals surface area contributed by atoms with Crippen LogP contribution in [0, 0.1) is 5.92 Å². The summed E-state index contributed by atoms with van der Waals surface area (Å²) >= 11 is 0. The molecule has 0 saturated heterocycles. The maximum atomic E-state index is 5.88. The SMILES string of the molecule is C[C@@H]1C=CC[C@@](C)(n2nccc2N)C1. The zero-order valence-corrected chi connectivity index (χ0v) is 8.77. The monoisotopic (exact) mass is 191 g/mol. The summed E-state index contributed by atoms with van der Waals surface area (Å²) in [7, 11) is 0. The molecule has 0 unspecified atom stereocenters. The van der Waals surface area contributed by atoms with E-state index in [4.69, 9.17) is 5.73 Å². The van der Waals surface area contributed by atoms with E-state index in [1.165, 1.54) is 0 Å². The third kappa shape index (κ3) is 1.43. The number of nitrogens with two attached hydrogens (primary N) is 1. The lowest BCUT2D eigenvalue weighted by Gasteiger charge is -2.34. The first kappa shape index (κ1) is 9.31. The summed E-state index contributed by atoms with van der Waals surface area (Å²) in [6.07, 6.45) is 8.39. The number of hydrogen-bond acceptors (Lipinski definition) is 2. The van der Waals surface area contributed by atoms with Gasteiger partial charge in [0.1, 0.15) is 5.82 Å². The molecule has 2 N–H and O–H groups in total. The van der Waals surface area contributed by atoms with Crippen molar-refractivity contribution in [3.63, 3.8) is 0 Å². The molecule has 0 radical (unpaired) electrons. The fraction of sp³-hybridized carbons (Fsp3) is 0.545. The van der Waals surface area contributed by atoms with Crippen LogP contribution in [0.5, 0.6) is 0 Å². The van der Waals surface area contributed by atoms with Crippen molar-refractivity contribution in [1.82, 2.24) is 9.78 Å². The third-order valence-electron chi connectivity index (χ3n) is 2.97. The van der Waals surface area contributed by atoms with Crippen LogP contribution >= 0.6 is 0 Å². The number of rotatable bonds is 1. The minimum Gasteiger partial charge on any atom is -0.384 e. The molecule has 1 aliphatic carbocycles. The Hall–Kier alpha value is -1.25. The second-order valence-corrected chi connectivity index (χ2v) is 4.48. The Bertz CT molecular complexity index is 353. The zero-order valence-electron chi connectivity index (χ0n) is 8.77. The van der Waals surface area contributed by atoms with Gasteiger partial charge in [0, 0.05) is 0 Å². The van der Waals surface area contributed by atoms with Crippen molar-refractivity contribution in [1.29, 1.82) is 0 Å². The van der Waals surface area contributed by atoms with Crippen LogP contribution in [0.4, 0.5) is 5.82 Å². The lowest BCUT2D eigenvalue weighted by atomic mass is 9.82. The highest BCUT2D eigenvalue weighted by Gasteiger charge is 2.31. The molecule has 3 nitrogen and oxygen atoms in total. The molecule has 1 aliphatic rings. The van der Waals surface area contributed by atoms with Crippen molar-refractivity contribution >= 4 is 5.82 Å². The summed E-state index contributed by atoms with van der Waals surface area (Å²) in [6, 6.07) is 1.86. The van der Waals surface area contributed by atoms with Gasteiger partial charge in [0.25, 0.3) is 0 Å². The van der Waals surface area contributed by atoms with Crippen LogP contribution in [0.15, 0.2) is 24.4 Å². The lowest BCUT2D eigenvalue weighted by molar-refractivity contribution is 0.236. The first-order valence-electron chi connectivity index (χ1n) is 5.08. The molecule has 2 atom stereocenters. The molecule has 0 amide bonds. The lowest BCUT2D eigenvalue weighted by Crippen LogP contribution is -2.35. The van der Waals surface area contributed by atoms with Gasteiger partial charge >= 0.3 is 0 Å². The average Bonchev–Trinajstić information content (AvgIpc) is 2.51. The highest BCUT2D eigenvalue weighted by atomic mass is 15.3. The van der Waals surface area contributed by atoms with Gasteiger partial charge in [-0.2, -0.15) is 5.10 Å². The molecule has 3 heteroatoms. The topological polar surface area (TPSA) is 43.8 Å². The number of allylic oxidation sites excluding steroid dienone is 2. The molecule has 1 aromatic rings.